The minimum absolute atomic E-state index is 0.108. The quantitative estimate of drug-likeness (QED) is 0.803. The molecule has 1 aromatic carbocycles. The molecule has 1 fully saturated rings. The van der Waals surface area contributed by atoms with Gasteiger partial charge in [0.25, 0.3) is 5.91 Å². The molecule has 0 spiro atoms. The van der Waals surface area contributed by atoms with E-state index in [2.05, 4.69) is 15.9 Å². The van der Waals surface area contributed by atoms with E-state index >= 15 is 0 Å². The molecule has 1 amide bonds. The second kappa shape index (κ2) is 5.74. The third-order valence-electron chi connectivity index (χ3n) is 3.45. The van der Waals surface area contributed by atoms with Gasteiger partial charge in [0.2, 0.25) is 0 Å². The SMILES string of the molecule is COc1cc(C(=O)N2CCC(CBr)C2)ccc1C. The predicted molar refractivity (Wildman–Crippen MR) is 75.5 cm³/mol. The first-order chi connectivity index (χ1) is 8.65. The lowest BCUT2D eigenvalue weighted by Crippen LogP contribution is -2.28. The van der Waals surface area contributed by atoms with Gasteiger partial charge < -0.3 is 9.64 Å². The van der Waals surface area contributed by atoms with Gasteiger partial charge in [-0.2, -0.15) is 0 Å². The first-order valence-electron chi connectivity index (χ1n) is 6.15. The molecule has 18 heavy (non-hydrogen) atoms. The Bertz CT molecular complexity index is 447. The fourth-order valence-corrected chi connectivity index (χ4v) is 2.81. The fourth-order valence-electron chi connectivity index (χ4n) is 2.28. The second-order valence-corrected chi connectivity index (χ2v) is 5.39. The summed E-state index contributed by atoms with van der Waals surface area (Å²) >= 11 is 3.48. The molecule has 1 aliphatic heterocycles. The van der Waals surface area contributed by atoms with Crippen molar-refractivity contribution in [2.75, 3.05) is 25.5 Å². The Kier molecular flexibility index (Phi) is 4.27. The summed E-state index contributed by atoms with van der Waals surface area (Å²) in [7, 11) is 1.63. The summed E-state index contributed by atoms with van der Waals surface area (Å²) in [5.74, 6) is 1.47. The fraction of sp³-hybridized carbons (Fsp3) is 0.500. The highest BCUT2D eigenvalue weighted by molar-refractivity contribution is 9.09. The number of nitrogens with zero attached hydrogens (tertiary/aromatic N) is 1. The van der Waals surface area contributed by atoms with Gasteiger partial charge in [-0.3, -0.25) is 4.79 Å². The summed E-state index contributed by atoms with van der Waals surface area (Å²) in [6.45, 7) is 3.68. The van der Waals surface area contributed by atoms with Gasteiger partial charge in [-0.15, -0.1) is 0 Å². The first kappa shape index (κ1) is 13.4. The van der Waals surface area contributed by atoms with E-state index in [9.17, 15) is 4.79 Å². The zero-order chi connectivity index (χ0) is 13.1. The third kappa shape index (κ3) is 2.69. The van der Waals surface area contributed by atoms with Crippen LogP contribution in [0.3, 0.4) is 0 Å². The number of amides is 1. The molecular formula is C14H18BrNO2. The average molecular weight is 312 g/mol. The number of alkyl halides is 1. The van der Waals surface area contributed by atoms with Crippen LogP contribution in [0, 0.1) is 12.8 Å². The normalized spacial score (nSPS) is 19.1. The number of halogens is 1. The molecule has 2 rings (SSSR count). The number of methoxy groups -OCH3 is 1. The number of ether oxygens (including phenoxy) is 1. The number of carbonyl (C=O) groups excluding carboxylic acids is 1. The van der Waals surface area contributed by atoms with Crippen LogP contribution in [0.15, 0.2) is 18.2 Å². The number of benzene rings is 1. The van der Waals surface area contributed by atoms with Crippen molar-refractivity contribution in [2.24, 2.45) is 5.92 Å². The van der Waals surface area contributed by atoms with Gasteiger partial charge in [-0.05, 0) is 37.0 Å². The molecule has 1 unspecified atom stereocenters. The summed E-state index contributed by atoms with van der Waals surface area (Å²) in [4.78, 5) is 14.3. The van der Waals surface area contributed by atoms with Crippen molar-refractivity contribution in [3.05, 3.63) is 29.3 Å². The molecule has 98 valence electrons. The van der Waals surface area contributed by atoms with E-state index in [1.54, 1.807) is 7.11 Å². The highest BCUT2D eigenvalue weighted by atomic mass is 79.9. The number of hydrogen-bond acceptors (Lipinski definition) is 2. The summed E-state index contributed by atoms with van der Waals surface area (Å²) in [6, 6.07) is 5.64. The number of hydrogen-bond donors (Lipinski definition) is 0. The topological polar surface area (TPSA) is 29.5 Å². The van der Waals surface area contributed by atoms with E-state index in [1.807, 2.05) is 30.0 Å². The summed E-state index contributed by atoms with van der Waals surface area (Å²) in [6.07, 6.45) is 1.08. The van der Waals surface area contributed by atoms with Crippen LogP contribution in [-0.2, 0) is 0 Å². The average Bonchev–Trinajstić information content (AvgIpc) is 2.87. The van der Waals surface area contributed by atoms with Crippen LogP contribution < -0.4 is 4.74 Å². The Morgan fingerprint density at radius 2 is 2.33 bits per heavy atom. The van der Waals surface area contributed by atoms with Crippen LogP contribution in [-0.4, -0.2) is 36.3 Å². The van der Waals surface area contributed by atoms with Gasteiger partial charge in [0, 0.05) is 24.0 Å². The Balaban J connectivity index is 2.14. The molecule has 1 heterocycles. The van der Waals surface area contributed by atoms with Crippen molar-refractivity contribution in [1.82, 2.24) is 4.90 Å². The zero-order valence-electron chi connectivity index (χ0n) is 10.8. The van der Waals surface area contributed by atoms with E-state index in [1.165, 1.54) is 0 Å². The zero-order valence-corrected chi connectivity index (χ0v) is 12.4. The number of rotatable bonds is 3. The van der Waals surface area contributed by atoms with Crippen LogP contribution in [0.1, 0.15) is 22.3 Å². The number of likely N-dealkylation sites (tertiary alicyclic amines) is 1. The summed E-state index contributed by atoms with van der Waals surface area (Å²) in [5.41, 5.74) is 1.77. The van der Waals surface area contributed by atoms with Gasteiger partial charge in [0.05, 0.1) is 7.11 Å². The van der Waals surface area contributed by atoms with Crippen molar-refractivity contribution in [3.8, 4) is 5.75 Å². The minimum Gasteiger partial charge on any atom is -0.496 e. The standard InChI is InChI=1S/C14H18BrNO2/c1-10-3-4-12(7-13(10)18-2)14(17)16-6-5-11(8-15)9-16/h3-4,7,11H,5-6,8-9H2,1-2H3. The van der Waals surface area contributed by atoms with Crippen LogP contribution in [0.4, 0.5) is 0 Å². The van der Waals surface area contributed by atoms with Crippen LogP contribution in [0.2, 0.25) is 0 Å². The molecule has 1 saturated heterocycles. The molecule has 3 nitrogen and oxygen atoms in total. The van der Waals surface area contributed by atoms with Gasteiger partial charge >= 0.3 is 0 Å². The highest BCUT2D eigenvalue weighted by Crippen LogP contribution is 2.23. The maximum atomic E-state index is 12.3. The number of carbonyl (C=O) groups is 1. The molecule has 0 radical (unpaired) electrons. The maximum Gasteiger partial charge on any atom is 0.253 e. The molecule has 0 saturated carbocycles. The lowest BCUT2D eigenvalue weighted by Gasteiger charge is -2.17. The maximum absolute atomic E-state index is 12.3. The van der Waals surface area contributed by atoms with Crippen molar-refractivity contribution < 1.29 is 9.53 Å². The lowest BCUT2D eigenvalue weighted by molar-refractivity contribution is 0.0788. The first-order valence-corrected chi connectivity index (χ1v) is 7.27. The van der Waals surface area contributed by atoms with Gasteiger partial charge in [-0.25, -0.2) is 0 Å². The van der Waals surface area contributed by atoms with Crippen LogP contribution in [0.25, 0.3) is 0 Å². The number of aryl methyl sites for hydroxylation is 1. The lowest BCUT2D eigenvalue weighted by atomic mass is 10.1. The monoisotopic (exact) mass is 311 g/mol. The molecular weight excluding hydrogens is 294 g/mol. The van der Waals surface area contributed by atoms with Crippen molar-refractivity contribution >= 4 is 21.8 Å². The Morgan fingerprint density at radius 3 is 2.94 bits per heavy atom. The van der Waals surface area contributed by atoms with Gasteiger partial charge in [-0.1, -0.05) is 22.0 Å². The van der Waals surface area contributed by atoms with E-state index in [0.29, 0.717) is 11.5 Å². The Hall–Kier alpha value is -1.03. The molecule has 0 aromatic heterocycles. The van der Waals surface area contributed by atoms with Crippen LogP contribution >= 0.6 is 15.9 Å². The minimum atomic E-state index is 0.108. The smallest absolute Gasteiger partial charge is 0.253 e. The third-order valence-corrected chi connectivity index (χ3v) is 4.36. The second-order valence-electron chi connectivity index (χ2n) is 4.74. The molecule has 1 atom stereocenters. The molecule has 0 N–H and O–H groups in total. The molecule has 1 aliphatic rings. The van der Waals surface area contributed by atoms with Crippen molar-refractivity contribution in [1.29, 1.82) is 0 Å². The van der Waals surface area contributed by atoms with E-state index < -0.39 is 0 Å². The van der Waals surface area contributed by atoms with Gasteiger partial charge in [0.15, 0.2) is 0 Å². The van der Waals surface area contributed by atoms with E-state index in [4.69, 9.17) is 4.74 Å². The molecule has 1 aromatic rings. The highest BCUT2D eigenvalue weighted by Gasteiger charge is 2.26. The molecule has 0 aliphatic carbocycles. The summed E-state index contributed by atoms with van der Waals surface area (Å²) < 4.78 is 5.26. The summed E-state index contributed by atoms with van der Waals surface area (Å²) in [5, 5.41) is 0.966. The predicted octanol–water partition coefficient (Wildman–Crippen LogP) is 2.86. The Labute approximate surface area is 116 Å². The molecule has 0 bridgehead atoms. The van der Waals surface area contributed by atoms with Gasteiger partial charge in [0.1, 0.15) is 5.75 Å². The van der Waals surface area contributed by atoms with Crippen molar-refractivity contribution in [3.63, 3.8) is 0 Å². The van der Waals surface area contributed by atoms with E-state index in [0.717, 1.165) is 36.2 Å². The molecule has 4 heteroatoms. The van der Waals surface area contributed by atoms with Crippen molar-refractivity contribution in [2.45, 2.75) is 13.3 Å². The van der Waals surface area contributed by atoms with E-state index in [-0.39, 0.29) is 5.91 Å². The van der Waals surface area contributed by atoms with Crippen LogP contribution in [0.5, 0.6) is 5.75 Å². The largest absolute Gasteiger partial charge is 0.496 e. The Morgan fingerprint density at radius 1 is 1.56 bits per heavy atom.